The predicted molar refractivity (Wildman–Crippen MR) is 81.7 cm³/mol. The van der Waals surface area contributed by atoms with Crippen LogP contribution in [0.4, 0.5) is 10.5 Å². The normalized spacial score (nSPS) is 9.76. The van der Waals surface area contributed by atoms with Gasteiger partial charge in [0.1, 0.15) is 11.5 Å². The highest BCUT2D eigenvalue weighted by Gasteiger charge is 2.01. The van der Waals surface area contributed by atoms with Crippen LogP contribution in [-0.4, -0.2) is 19.4 Å². The van der Waals surface area contributed by atoms with Crippen LogP contribution in [0.1, 0.15) is 6.92 Å². The number of benzene rings is 2. The summed E-state index contributed by atoms with van der Waals surface area (Å²) in [4.78, 5) is 11.7. The Morgan fingerprint density at radius 1 is 0.952 bits per heavy atom. The van der Waals surface area contributed by atoms with E-state index in [0.717, 1.165) is 5.75 Å². The number of urea groups is 1. The molecular weight excluding hydrogens is 268 g/mol. The van der Waals surface area contributed by atoms with Crippen LogP contribution in [0.5, 0.6) is 11.5 Å². The number of carbonyl (C=O) groups is 1. The van der Waals surface area contributed by atoms with Gasteiger partial charge in [-0.25, -0.2) is 4.79 Å². The molecule has 21 heavy (non-hydrogen) atoms. The molecule has 0 aliphatic carbocycles. The molecule has 0 unspecified atom stereocenters. The highest BCUT2D eigenvalue weighted by Crippen LogP contribution is 2.15. The third-order valence-corrected chi connectivity index (χ3v) is 2.64. The molecule has 2 rings (SSSR count). The van der Waals surface area contributed by atoms with Crippen LogP contribution in [0.15, 0.2) is 54.6 Å². The summed E-state index contributed by atoms with van der Waals surface area (Å²) in [5.74, 6) is 1.48. The molecule has 5 heteroatoms. The van der Waals surface area contributed by atoms with Crippen LogP contribution in [-0.2, 0) is 0 Å². The third-order valence-electron chi connectivity index (χ3n) is 2.64. The Morgan fingerprint density at radius 2 is 1.62 bits per heavy atom. The predicted octanol–water partition coefficient (Wildman–Crippen LogP) is 3.24. The van der Waals surface area contributed by atoms with Crippen LogP contribution >= 0.6 is 0 Å². The van der Waals surface area contributed by atoms with Gasteiger partial charge in [-0.05, 0) is 43.3 Å². The molecular formula is C16H18N2O3. The van der Waals surface area contributed by atoms with Gasteiger partial charge in [-0.3, -0.25) is 0 Å². The van der Waals surface area contributed by atoms with Crippen molar-refractivity contribution in [3.05, 3.63) is 54.6 Å². The number of ether oxygens (including phenoxy) is 2. The zero-order chi connectivity index (χ0) is 14.9. The van der Waals surface area contributed by atoms with Crippen molar-refractivity contribution in [2.75, 3.05) is 18.7 Å². The lowest BCUT2D eigenvalue weighted by molar-refractivity contribution is 0.234. The summed E-state index contributed by atoms with van der Waals surface area (Å²) in [6, 6.07) is 16.1. The first kappa shape index (κ1) is 14.7. The van der Waals surface area contributed by atoms with Gasteiger partial charge in [-0.1, -0.05) is 18.2 Å². The average molecular weight is 286 g/mol. The molecule has 2 amide bonds. The molecule has 0 saturated carbocycles. The van der Waals surface area contributed by atoms with E-state index in [-0.39, 0.29) is 12.8 Å². The number of para-hydroxylation sites is 1. The van der Waals surface area contributed by atoms with Crippen LogP contribution in [0.2, 0.25) is 0 Å². The maximum atomic E-state index is 11.7. The Hall–Kier alpha value is -2.69. The van der Waals surface area contributed by atoms with Crippen molar-refractivity contribution in [1.82, 2.24) is 5.32 Å². The topological polar surface area (TPSA) is 59.6 Å². The van der Waals surface area contributed by atoms with E-state index >= 15 is 0 Å². The van der Waals surface area contributed by atoms with Gasteiger partial charge < -0.3 is 20.1 Å². The average Bonchev–Trinajstić information content (AvgIpc) is 2.51. The number of rotatable bonds is 6. The number of hydrogen-bond acceptors (Lipinski definition) is 3. The standard InChI is InChI=1S/C16H18N2O3/c1-2-20-15-10-8-13(9-11-15)18-16(19)17-12-21-14-6-4-3-5-7-14/h3-11H,2,12H2,1H3,(H2,17,18,19). The second kappa shape index (κ2) is 7.79. The Labute approximate surface area is 123 Å². The minimum Gasteiger partial charge on any atom is -0.494 e. The molecule has 0 aliphatic rings. The molecule has 0 aliphatic heterocycles. The van der Waals surface area contributed by atoms with E-state index in [4.69, 9.17) is 9.47 Å². The Kier molecular flexibility index (Phi) is 5.46. The molecule has 0 bridgehead atoms. The van der Waals surface area contributed by atoms with E-state index in [1.54, 1.807) is 24.3 Å². The number of anilines is 1. The fraction of sp³-hybridized carbons (Fsp3) is 0.188. The molecule has 5 nitrogen and oxygen atoms in total. The van der Waals surface area contributed by atoms with Crippen molar-refractivity contribution in [3.8, 4) is 11.5 Å². The van der Waals surface area contributed by atoms with Gasteiger partial charge in [0.15, 0.2) is 6.73 Å². The van der Waals surface area contributed by atoms with Gasteiger partial charge in [0.25, 0.3) is 0 Å². The van der Waals surface area contributed by atoms with Crippen molar-refractivity contribution in [2.24, 2.45) is 0 Å². The van der Waals surface area contributed by atoms with E-state index in [1.165, 1.54) is 0 Å². The molecule has 2 N–H and O–H groups in total. The van der Waals surface area contributed by atoms with Crippen molar-refractivity contribution in [3.63, 3.8) is 0 Å². The van der Waals surface area contributed by atoms with Crippen LogP contribution < -0.4 is 20.1 Å². The number of hydrogen-bond donors (Lipinski definition) is 2. The van der Waals surface area contributed by atoms with Crippen molar-refractivity contribution in [1.29, 1.82) is 0 Å². The van der Waals surface area contributed by atoms with E-state index in [1.807, 2.05) is 37.3 Å². The van der Waals surface area contributed by atoms with E-state index < -0.39 is 0 Å². The van der Waals surface area contributed by atoms with Gasteiger partial charge in [-0.15, -0.1) is 0 Å². The molecule has 0 fully saturated rings. The minimum atomic E-state index is -0.324. The lowest BCUT2D eigenvalue weighted by Crippen LogP contribution is -2.31. The van der Waals surface area contributed by atoms with Gasteiger partial charge >= 0.3 is 6.03 Å². The minimum absolute atomic E-state index is 0.104. The first-order valence-electron chi connectivity index (χ1n) is 6.73. The van der Waals surface area contributed by atoms with Gasteiger partial charge in [0, 0.05) is 5.69 Å². The second-order valence-corrected chi connectivity index (χ2v) is 4.19. The highest BCUT2D eigenvalue weighted by atomic mass is 16.5. The van der Waals surface area contributed by atoms with E-state index in [0.29, 0.717) is 18.0 Å². The molecule has 2 aromatic carbocycles. The smallest absolute Gasteiger partial charge is 0.321 e. The van der Waals surface area contributed by atoms with Crippen molar-refractivity contribution in [2.45, 2.75) is 6.92 Å². The molecule has 0 heterocycles. The molecule has 0 saturated heterocycles. The van der Waals surface area contributed by atoms with Gasteiger partial charge in [0.05, 0.1) is 6.61 Å². The number of amides is 2. The molecule has 0 radical (unpaired) electrons. The molecule has 0 aromatic heterocycles. The lowest BCUT2D eigenvalue weighted by atomic mass is 10.3. The third kappa shape index (κ3) is 5.06. The SMILES string of the molecule is CCOc1ccc(NC(=O)NCOc2ccccc2)cc1. The summed E-state index contributed by atoms with van der Waals surface area (Å²) in [6.07, 6.45) is 0. The fourth-order valence-corrected chi connectivity index (χ4v) is 1.68. The summed E-state index contributed by atoms with van der Waals surface area (Å²) < 4.78 is 10.7. The molecule has 2 aromatic rings. The molecule has 0 atom stereocenters. The fourth-order valence-electron chi connectivity index (χ4n) is 1.68. The van der Waals surface area contributed by atoms with Crippen molar-refractivity contribution >= 4 is 11.7 Å². The summed E-state index contributed by atoms with van der Waals surface area (Å²) in [7, 11) is 0. The first-order chi connectivity index (χ1) is 10.3. The first-order valence-corrected chi connectivity index (χ1v) is 6.73. The van der Waals surface area contributed by atoms with Gasteiger partial charge in [0.2, 0.25) is 0 Å². The van der Waals surface area contributed by atoms with E-state index in [2.05, 4.69) is 10.6 Å². The number of carbonyl (C=O) groups excluding carboxylic acids is 1. The summed E-state index contributed by atoms with van der Waals surface area (Å²) in [5.41, 5.74) is 0.690. The molecule has 0 spiro atoms. The zero-order valence-electron chi connectivity index (χ0n) is 11.8. The summed E-state index contributed by atoms with van der Waals surface area (Å²) in [6.45, 7) is 2.64. The maximum absolute atomic E-state index is 11.7. The summed E-state index contributed by atoms with van der Waals surface area (Å²) >= 11 is 0. The quantitative estimate of drug-likeness (QED) is 0.801. The Bertz CT molecular complexity index is 555. The molecule has 110 valence electrons. The second-order valence-electron chi connectivity index (χ2n) is 4.19. The maximum Gasteiger partial charge on any atom is 0.321 e. The van der Waals surface area contributed by atoms with Gasteiger partial charge in [-0.2, -0.15) is 0 Å². The number of nitrogens with one attached hydrogen (secondary N) is 2. The lowest BCUT2D eigenvalue weighted by Gasteiger charge is -2.10. The zero-order valence-corrected chi connectivity index (χ0v) is 11.8. The van der Waals surface area contributed by atoms with E-state index in [9.17, 15) is 4.79 Å². The van der Waals surface area contributed by atoms with Crippen LogP contribution in [0.25, 0.3) is 0 Å². The Balaban J connectivity index is 1.74. The Morgan fingerprint density at radius 3 is 2.29 bits per heavy atom. The largest absolute Gasteiger partial charge is 0.494 e. The highest BCUT2D eigenvalue weighted by molar-refractivity contribution is 5.89. The van der Waals surface area contributed by atoms with Crippen LogP contribution in [0, 0.1) is 0 Å². The van der Waals surface area contributed by atoms with Crippen molar-refractivity contribution < 1.29 is 14.3 Å². The summed E-state index contributed by atoms with van der Waals surface area (Å²) in [5, 5.41) is 5.33. The monoisotopic (exact) mass is 286 g/mol. The van der Waals surface area contributed by atoms with Crippen LogP contribution in [0.3, 0.4) is 0 Å².